The van der Waals surface area contributed by atoms with Gasteiger partial charge < -0.3 is 9.88 Å². The number of hydrogen-bond donors (Lipinski definition) is 1. The van der Waals surface area contributed by atoms with E-state index in [-0.39, 0.29) is 0 Å². The van der Waals surface area contributed by atoms with Gasteiger partial charge in [0, 0.05) is 23.1 Å². The molecule has 0 atom stereocenters. The highest BCUT2D eigenvalue weighted by atomic mass is 35.5. The van der Waals surface area contributed by atoms with Gasteiger partial charge in [-0.1, -0.05) is 54.1 Å². The molecule has 0 amide bonds. The van der Waals surface area contributed by atoms with Gasteiger partial charge in [-0.25, -0.2) is 0 Å². The largest absolute Gasteiger partial charge is 0.352 e. The number of aryl methyl sites for hydroxylation is 2. The van der Waals surface area contributed by atoms with Gasteiger partial charge >= 0.3 is 0 Å². The van der Waals surface area contributed by atoms with E-state index in [1.54, 1.807) is 0 Å². The summed E-state index contributed by atoms with van der Waals surface area (Å²) in [6, 6.07) is 14.8. The van der Waals surface area contributed by atoms with Crippen LogP contribution in [0.3, 0.4) is 0 Å². The molecule has 2 heterocycles. The van der Waals surface area contributed by atoms with Gasteiger partial charge in [0.15, 0.2) is 0 Å². The molecule has 2 nitrogen and oxygen atoms in total. The average Bonchev–Trinajstić information content (AvgIpc) is 2.91. The Balaban J connectivity index is 1.79. The van der Waals surface area contributed by atoms with Crippen LogP contribution in [0.1, 0.15) is 23.2 Å². The van der Waals surface area contributed by atoms with Crippen LogP contribution in [0.4, 0.5) is 5.69 Å². The van der Waals surface area contributed by atoms with E-state index >= 15 is 0 Å². The molecule has 4 rings (SSSR count). The van der Waals surface area contributed by atoms with Crippen molar-refractivity contribution < 1.29 is 0 Å². The molecule has 116 valence electrons. The number of aromatic nitrogens is 1. The van der Waals surface area contributed by atoms with Gasteiger partial charge in [-0.3, -0.25) is 0 Å². The van der Waals surface area contributed by atoms with Crippen LogP contribution in [-0.4, -0.2) is 11.5 Å². The fourth-order valence-corrected chi connectivity index (χ4v) is 3.77. The van der Waals surface area contributed by atoms with E-state index in [9.17, 15) is 0 Å². The lowest BCUT2D eigenvalue weighted by molar-refractivity contribution is 0.768. The smallest absolute Gasteiger partial charge is 0.0815 e. The monoisotopic (exact) mass is 322 g/mol. The van der Waals surface area contributed by atoms with Crippen molar-refractivity contribution in [2.75, 3.05) is 11.4 Å². The lowest BCUT2D eigenvalue weighted by Crippen LogP contribution is -2.27. The number of H-pyrrole nitrogens is 1. The summed E-state index contributed by atoms with van der Waals surface area (Å²) < 4.78 is 0. The second-order valence-electron chi connectivity index (χ2n) is 6.19. The Morgan fingerprint density at radius 2 is 2.04 bits per heavy atom. The summed E-state index contributed by atoms with van der Waals surface area (Å²) >= 11 is 6.60. The minimum absolute atomic E-state index is 0.754. The van der Waals surface area contributed by atoms with Crippen LogP contribution in [0.2, 0.25) is 5.02 Å². The van der Waals surface area contributed by atoms with Crippen molar-refractivity contribution in [3.05, 3.63) is 70.9 Å². The van der Waals surface area contributed by atoms with Crippen molar-refractivity contribution in [1.82, 2.24) is 4.98 Å². The van der Waals surface area contributed by atoms with E-state index in [0.29, 0.717) is 0 Å². The Bertz CT molecular complexity index is 907. The Kier molecular flexibility index (Phi) is 3.42. The lowest BCUT2D eigenvalue weighted by atomic mass is 9.99. The maximum Gasteiger partial charge on any atom is 0.0815 e. The van der Waals surface area contributed by atoms with Crippen molar-refractivity contribution in [2.24, 2.45) is 0 Å². The highest BCUT2D eigenvalue weighted by Gasteiger charge is 2.22. The van der Waals surface area contributed by atoms with Gasteiger partial charge in [0.2, 0.25) is 0 Å². The third-order valence-corrected chi connectivity index (χ3v) is 5.00. The third-order valence-electron chi connectivity index (χ3n) is 4.61. The zero-order valence-electron chi connectivity index (χ0n) is 13.2. The molecular formula is C20H19ClN2. The number of fused-ring (bicyclic) bond motifs is 2. The molecule has 1 aromatic heterocycles. The molecule has 3 aromatic rings. The van der Waals surface area contributed by atoms with Crippen molar-refractivity contribution in [2.45, 2.75) is 19.8 Å². The Morgan fingerprint density at radius 3 is 2.87 bits per heavy atom. The zero-order chi connectivity index (χ0) is 16.0. The molecule has 3 heteroatoms. The summed E-state index contributed by atoms with van der Waals surface area (Å²) in [6.07, 6.45) is 2.26. The number of nitrogens with one attached hydrogen (secondary N) is 1. The molecule has 0 saturated heterocycles. The Morgan fingerprint density at radius 1 is 1.22 bits per heavy atom. The van der Waals surface area contributed by atoms with E-state index in [1.165, 1.54) is 16.8 Å². The van der Waals surface area contributed by atoms with Crippen LogP contribution in [0.5, 0.6) is 0 Å². The molecule has 1 aliphatic rings. The average molecular weight is 323 g/mol. The molecule has 0 spiro atoms. The molecule has 0 fully saturated rings. The molecule has 1 aliphatic heterocycles. The van der Waals surface area contributed by atoms with Crippen LogP contribution >= 0.6 is 11.6 Å². The summed E-state index contributed by atoms with van der Waals surface area (Å²) in [4.78, 5) is 5.72. The summed E-state index contributed by atoms with van der Waals surface area (Å²) in [5.74, 6) is 0. The van der Waals surface area contributed by atoms with Crippen LogP contribution in [0, 0.1) is 6.92 Å². The number of rotatable bonds is 2. The first-order valence-electron chi connectivity index (χ1n) is 7.97. The molecule has 1 N–H and O–H groups in total. The number of benzene rings is 2. The summed E-state index contributed by atoms with van der Waals surface area (Å²) in [5, 5.41) is 1.80. The fourth-order valence-electron chi connectivity index (χ4n) is 3.45. The molecule has 23 heavy (non-hydrogen) atoms. The minimum Gasteiger partial charge on any atom is -0.352 e. The van der Waals surface area contributed by atoms with Crippen LogP contribution < -0.4 is 4.90 Å². The molecule has 2 aromatic carbocycles. The third kappa shape index (κ3) is 2.34. The fraction of sp³-hybridized carbons (Fsp3) is 0.200. The predicted molar refractivity (Wildman–Crippen MR) is 99.2 cm³/mol. The summed E-state index contributed by atoms with van der Waals surface area (Å²) in [6.45, 7) is 7.45. The van der Waals surface area contributed by atoms with E-state index in [1.807, 2.05) is 24.3 Å². The number of nitrogens with zero attached hydrogens (tertiary/aromatic N) is 1. The van der Waals surface area contributed by atoms with Crippen molar-refractivity contribution in [3.63, 3.8) is 0 Å². The minimum atomic E-state index is 0.754. The van der Waals surface area contributed by atoms with Crippen LogP contribution in [0.25, 0.3) is 16.6 Å². The highest BCUT2D eigenvalue weighted by molar-refractivity contribution is 6.37. The summed E-state index contributed by atoms with van der Waals surface area (Å²) in [5.41, 5.74) is 6.86. The van der Waals surface area contributed by atoms with Gasteiger partial charge in [-0.05, 0) is 37.5 Å². The topological polar surface area (TPSA) is 19.0 Å². The first-order chi connectivity index (χ1) is 11.1. The second kappa shape index (κ2) is 5.47. The number of anilines is 1. The van der Waals surface area contributed by atoms with E-state index in [0.717, 1.165) is 46.7 Å². The number of hydrogen-bond acceptors (Lipinski definition) is 1. The van der Waals surface area contributed by atoms with E-state index < -0.39 is 0 Å². The first-order valence-corrected chi connectivity index (χ1v) is 8.35. The van der Waals surface area contributed by atoms with Crippen molar-refractivity contribution >= 4 is 33.9 Å². The normalized spacial score (nSPS) is 14.1. The highest BCUT2D eigenvalue weighted by Crippen LogP contribution is 2.37. The van der Waals surface area contributed by atoms with Crippen LogP contribution in [0.15, 0.2) is 49.0 Å². The molecule has 0 unspecified atom stereocenters. The second-order valence-corrected chi connectivity index (χ2v) is 6.57. The van der Waals surface area contributed by atoms with Gasteiger partial charge in [-0.15, -0.1) is 0 Å². The zero-order valence-corrected chi connectivity index (χ0v) is 14.0. The summed E-state index contributed by atoms with van der Waals surface area (Å²) in [7, 11) is 0. The number of halogens is 1. The van der Waals surface area contributed by atoms with Gasteiger partial charge in [0.05, 0.1) is 16.4 Å². The lowest BCUT2D eigenvalue weighted by Gasteiger charge is -2.32. The number of aromatic amines is 1. The molecule has 0 aliphatic carbocycles. The Hall–Kier alpha value is -2.19. The first kappa shape index (κ1) is 14.4. The SMILES string of the molecule is C=C(c1[nH]c2ccccc2c1Cl)N1CCCc2cc(C)ccc21. The van der Waals surface area contributed by atoms with Crippen molar-refractivity contribution in [3.8, 4) is 0 Å². The molecule has 0 bridgehead atoms. The van der Waals surface area contributed by atoms with Gasteiger partial charge in [0.25, 0.3) is 0 Å². The van der Waals surface area contributed by atoms with E-state index in [2.05, 4.69) is 41.6 Å². The maximum absolute atomic E-state index is 6.60. The Labute approximate surface area is 141 Å². The molecule has 0 saturated carbocycles. The van der Waals surface area contributed by atoms with Gasteiger partial charge in [-0.2, -0.15) is 0 Å². The van der Waals surface area contributed by atoms with E-state index in [4.69, 9.17) is 11.6 Å². The number of para-hydroxylation sites is 1. The van der Waals surface area contributed by atoms with Crippen molar-refractivity contribution in [1.29, 1.82) is 0 Å². The standard InChI is InChI=1S/C20H19ClN2/c1-13-9-10-18-15(12-13)6-5-11-23(18)14(2)20-19(21)16-7-3-4-8-17(16)22-20/h3-4,7-10,12,22H,2,5-6,11H2,1H3. The molecule has 0 radical (unpaired) electrons. The van der Waals surface area contributed by atoms with Gasteiger partial charge in [0.1, 0.15) is 0 Å². The molecular weight excluding hydrogens is 304 g/mol. The maximum atomic E-state index is 6.60. The van der Waals surface area contributed by atoms with Crippen LogP contribution in [-0.2, 0) is 6.42 Å². The predicted octanol–water partition coefficient (Wildman–Crippen LogP) is 5.55. The quantitative estimate of drug-likeness (QED) is 0.655.